The molecule has 0 aliphatic rings. The fourth-order valence-corrected chi connectivity index (χ4v) is 8.19. The lowest BCUT2D eigenvalue weighted by Crippen LogP contribution is -2.30. The molecule has 0 aromatic heterocycles. The number of carbonyl (C=O) groups is 3. The minimum Gasteiger partial charge on any atom is -0.462 e. The minimum atomic E-state index is -0.785. The molecule has 0 saturated carbocycles. The van der Waals surface area contributed by atoms with E-state index in [0.717, 1.165) is 96.3 Å². The molecule has 0 N–H and O–H groups in total. The molecule has 0 rings (SSSR count). The summed E-state index contributed by atoms with van der Waals surface area (Å²) in [6, 6.07) is 0. The smallest absolute Gasteiger partial charge is 0.306 e. The Hall–Kier alpha value is -2.89. The zero-order valence-electron chi connectivity index (χ0n) is 44.4. The van der Waals surface area contributed by atoms with Gasteiger partial charge in [0.05, 0.1) is 0 Å². The molecule has 0 bridgehead atoms. The molecule has 1 unspecified atom stereocenters. The van der Waals surface area contributed by atoms with Crippen LogP contribution in [0.2, 0.25) is 0 Å². The number of unbranched alkanes of at least 4 members (excludes halogenated alkanes) is 31. The van der Waals surface area contributed by atoms with E-state index in [1.165, 1.54) is 154 Å². The number of hydrogen-bond donors (Lipinski definition) is 0. The first-order chi connectivity index (χ1) is 33.0. The van der Waals surface area contributed by atoms with E-state index in [1.54, 1.807) is 0 Å². The quantitative estimate of drug-likeness (QED) is 0.0262. The van der Waals surface area contributed by atoms with Crippen LogP contribution < -0.4 is 0 Å². The maximum Gasteiger partial charge on any atom is 0.306 e. The highest BCUT2D eigenvalue weighted by Gasteiger charge is 2.19. The second-order valence-electron chi connectivity index (χ2n) is 19.2. The van der Waals surface area contributed by atoms with E-state index in [0.29, 0.717) is 19.3 Å². The zero-order valence-corrected chi connectivity index (χ0v) is 44.4. The summed E-state index contributed by atoms with van der Waals surface area (Å²) in [5.41, 5.74) is 0. The van der Waals surface area contributed by atoms with Crippen LogP contribution in [0.15, 0.2) is 60.8 Å². The normalized spacial score (nSPS) is 12.5. The van der Waals surface area contributed by atoms with E-state index < -0.39 is 6.10 Å². The fourth-order valence-electron chi connectivity index (χ4n) is 8.19. The largest absolute Gasteiger partial charge is 0.462 e. The van der Waals surface area contributed by atoms with Crippen molar-refractivity contribution in [1.82, 2.24) is 0 Å². The lowest BCUT2D eigenvalue weighted by Gasteiger charge is -2.18. The summed E-state index contributed by atoms with van der Waals surface area (Å²) in [6.45, 7) is 6.53. The SMILES string of the molecule is CC/C=C\C/C=C\C/C=C\C/C=C\CCCCCCC(=O)OCC(COC(=O)CCCCCCCCCCCCCCCCC)OC(=O)CCCCCCCCC/C=C\CCCCCCCC. The van der Waals surface area contributed by atoms with Crippen LogP contribution in [0.5, 0.6) is 0 Å². The molecule has 0 aromatic carbocycles. The molecule has 6 heteroatoms. The van der Waals surface area contributed by atoms with Gasteiger partial charge in [-0.1, -0.05) is 248 Å². The summed E-state index contributed by atoms with van der Waals surface area (Å²) in [5, 5.41) is 0. The average molecular weight is 938 g/mol. The Morgan fingerprint density at radius 2 is 0.582 bits per heavy atom. The van der Waals surface area contributed by atoms with Gasteiger partial charge in [-0.2, -0.15) is 0 Å². The molecule has 67 heavy (non-hydrogen) atoms. The third-order valence-electron chi connectivity index (χ3n) is 12.5. The van der Waals surface area contributed by atoms with Gasteiger partial charge < -0.3 is 14.2 Å². The van der Waals surface area contributed by atoms with Crippen molar-refractivity contribution in [2.75, 3.05) is 13.2 Å². The van der Waals surface area contributed by atoms with Gasteiger partial charge in [0.15, 0.2) is 6.10 Å². The van der Waals surface area contributed by atoms with E-state index in [-0.39, 0.29) is 31.1 Å². The van der Waals surface area contributed by atoms with E-state index in [2.05, 4.69) is 81.5 Å². The third kappa shape index (κ3) is 53.9. The predicted molar refractivity (Wildman–Crippen MR) is 288 cm³/mol. The van der Waals surface area contributed by atoms with Crippen LogP contribution in [-0.4, -0.2) is 37.2 Å². The number of esters is 3. The Balaban J connectivity index is 4.41. The van der Waals surface area contributed by atoms with Gasteiger partial charge in [-0.05, 0) is 83.5 Å². The first-order valence-corrected chi connectivity index (χ1v) is 28.8. The van der Waals surface area contributed by atoms with E-state index in [4.69, 9.17) is 14.2 Å². The number of carbonyl (C=O) groups excluding carboxylic acids is 3. The first-order valence-electron chi connectivity index (χ1n) is 28.8. The Morgan fingerprint density at radius 3 is 0.925 bits per heavy atom. The Kier molecular flexibility index (Phi) is 53.3. The molecule has 0 aromatic rings. The van der Waals surface area contributed by atoms with Crippen LogP contribution in [0.3, 0.4) is 0 Å². The topological polar surface area (TPSA) is 78.9 Å². The summed E-state index contributed by atoms with van der Waals surface area (Å²) in [7, 11) is 0. The monoisotopic (exact) mass is 937 g/mol. The maximum atomic E-state index is 12.9. The van der Waals surface area contributed by atoms with Gasteiger partial charge in [0.25, 0.3) is 0 Å². The summed E-state index contributed by atoms with van der Waals surface area (Å²) in [5.74, 6) is -0.898. The van der Waals surface area contributed by atoms with Gasteiger partial charge >= 0.3 is 17.9 Å². The molecule has 0 aliphatic heterocycles. The van der Waals surface area contributed by atoms with Gasteiger partial charge in [-0.15, -0.1) is 0 Å². The van der Waals surface area contributed by atoms with Crippen molar-refractivity contribution in [1.29, 1.82) is 0 Å². The highest BCUT2D eigenvalue weighted by atomic mass is 16.6. The van der Waals surface area contributed by atoms with Crippen LogP contribution in [0.4, 0.5) is 0 Å². The highest BCUT2D eigenvalue weighted by molar-refractivity contribution is 5.71. The van der Waals surface area contributed by atoms with Crippen LogP contribution in [0.1, 0.15) is 290 Å². The maximum absolute atomic E-state index is 12.9. The van der Waals surface area contributed by atoms with Crippen molar-refractivity contribution in [3.05, 3.63) is 60.8 Å². The fraction of sp³-hybridized carbons (Fsp3) is 0.787. The van der Waals surface area contributed by atoms with E-state index in [1.807, 2.05) is 0 Å². The minimum absolute atomic E-state index is 0.0812. The molecule has 0 heterocycles. The molecule has 0 aliphatic carbocycles. The molecule has 0 amide bonds. The summed E-state index contributed by atoms with van der Waals surface area (Å²) >= 11 is 0. The lowest BCUT2D eigenvalue weighted by atomic mass is 10.0. The van der Waals surface area contributed by atoms with Crippen molar-refractivity contribution in [2.24, 2.45) is 0 Å². The van der Waals surface area contributed by atoms with Crippen molar-refractivity contribution in [2.45, 2.75) is 297 Å². The van der Waals surface area contributed by atoms with Crippen molar-refractivity contribution >= 4 is 17.9 Å². The molecule has 1 atom stereocenters. The van der Waals surface area contributed by atoms with Gasteiger partial charge in [-0.3, -0.25) is 14.4 Å². The molecule has 0 fully saturated rings. The van der Waals surface area contributed by atoms with Crippen molar-refractivity contribution < 1.29 is 28.6 Å². The number of allylic oxidation sites excluding steroid dienone is 10. The van der Waals surface area contributed by atoms with Crippen LogP contribution >= 0.6 is 0 Å². The van der Waals surface area contributed by atoms with Crippen LogP contribution in [0, 0.1) is 0 Å². The van der Waals surface area contributed by atoms with Crippen LogP contribution in [0.25, 0.3) is 0 Å². The Labute approximate surface area is 415 Å². The zero-order chi connectivity index (χ0) is 48.6. The number of hydrogen-bond acceptors (Lipinski definition) is 6. The van der Waals surface area contributed by atoms with E-state index in [9.17, 15) is 14.4 Å². The second-order valence-corrected chi connectivity index (χ2v) is 19.2. The molecule has 6 nitrogen and oxygen atoms in total. The lowest BCUT2D eigenvalue weighted by molar-refractivity contribution is -0.167. The highest BCUT2D eigenvalue weighted by Crippen LogP contribution is 2.16. The summed E-state index contributed by atoms with van der Waals surface area (Å²) in [6.07, 6.45) is 69.2. The average Bonchev–Trinajstić information content (AvgIpc) is 3.33. The molecular formula is C61H108O6. The van der Waals surface area contributed by atoms with Gasteiger partial charge in [0.2, 0.25) is 0 Å². The summed E-state index contributed by atoms with van der Waals surface area (Å²) in [4.78, 5) is 38.2. The molecular weight excluding hydrogens is 829 g/mol. The Morgan fingerprint density at radius 1 is 0.313 bits per heavy atom. The molecule has 388 valence electrons. The number of ether oxygens (including phenoxy) is 3. The van der Waals surface area contributed by atoms with Gasteiger partial charge in [-0.25, -0.2) is 0 Å². The van der Waals surface area contributed by atoms with Gasteiger partial charge in [0.1, 0.15) is 13.2 Å². The third-order valence-corrected chi connectivity index (χ3v) is 12.5. The molecule has 0 spiro atoms. The second kappa shape index (κ2) is 55.7. The van der Waals surface area contributed by atoms with Gasteiger partial charge in [0, 0.05) is 19.3 Å². The molecule has 0 radical (unpaired) electrons. The Bertz CT molecular complexity index is 1210. The summed E-state index contributed by atoms with van der Waals surface area (Å²) < 4.78 is 16.9. The van der Waals surface area contributed by atoms with Crippen molar-refractivity contribution in [3.8, 4) is 0 Å². The predicted octanol–water partition coefficient (Wildman–Crippen LogP) is 19.2. The number of rotatable bonds is 52. The van der Waals surface area contributed by atoms with Crippen molar-refractivity contribution in [3.63, 3.8) is 0 Å². The first kappa shape index (κ1) is 64.1. The standard InChI is InChI=1S/C61H108O6/c1-4-7-10-13-16-19-22-25-28-30-33-36-39-42-45-48-51-54-60(63)66-57-58(56-65-59(62)53-50-47-44-41-38-35-32-27-24-21-18-15-12-9-6-3)67-61(64)55-52-49-46-43-40-37-34-31-29-26-23-20-17-14-11-8-5-2/h7,10,16,19,25-26,28-29,33,36,58H,4-6,8-9,11-15,17-18,20-24,27,30-32,34-35,37-57H2,1-3H3/b10-7-,19-16-,28-25-,29-26-,36-33-. The molecule has 0 saturated heterocycles. The van der Waals surface area contributed by atoms with E-state index >= 15 is 0 Å². The van der Waals surface area contributed by atoms with Crippen LogP contribution in [-0.2, 0) is 28.6 Å².